The molecule has 0 radical (unpaired) electrons. The van der Waals surface area contributed by atoms with Crippen LogP contribution in [0.4, 0.5) is 0 Å². The van der Waals surface area contributed by atoms with Gasteiger partial charge in [0.15, 0.2) is 0 Å². The summed E-state index contributed by atoms with van der Waals surface area (Å²) in [5, 5.41) is 0. The van der Waals surface area contributed by atoms with Gasteiger partial charge in [-0.15, -0.1) is 12.6 Å². The molecule has 0 atom stereocenters. The third-order valence-corrected chi connectivity index (χ3v) is 1.37. The van der Waals surface area contributed by atoms with Crippen LogP contribution in [0, 0.1) is 0 Å². The van der Waals surface area contributed by atoms with E-state index in [1.807, 2.05) is 24.3 Å². The summed E-state index contributed by atoms with van der Waals surface area (Å²) in [7, 11) is -3.02. The third kappa shape index (κ3) is 14.2. The summed E-state index contributed by atoms with van der Waals surface area (Å²) >= 11 is 4.11. The van der Waals surface area contributed by atoms with E-state index in [0.717, 1.165) is 10.6 Å². The molecule has 1 aromatic carbocycles. The van der Waals surface area contributed by atoms with Crippen LogP contribution < -0.4 is 34.3 Å². The Morgan fingerprint density at radius 2 is 1.60 bits per heavy atom. The van der Waals surface area contributed by atoms with Crippen molar-refractivity contribution in [1.82, 2.24) is 0 Å². The molecule has 0 spiro atoms. The number of thiol groups is 1. The molecule has 1 rings (SSSR count). The average Bonchev–Trinajstić information content (AvgIpc) is 2.03. The van der Waals surface area contributed by atoms with Gasteiger partial charge in [-0.2, -0.15) is 8.42 Å². The molecule has 0 aromatic heterocycles. The summed E-state index contributed by atoms with van der Waals surface area (Å²) in [5.74, 6) is 0.868. The molecule has 0 saturated heterocycles. The van der Waals surface area contributed by atoms with E-state index >= 15 is 0 Å². The van der Waals surface area contributed by atoms with Crippen LogP contribution in [0.5, 0.6) is 5.75 Å². The second kappa shape index (κ2) is 8.40. The van der Waals surface area contributed by atoms with Crippen LogP contribution in [0.15, 0.2) is 29.2 Å². The van der Waals surface area contributed by atoms with Gasteiger partial charge in [0.2, 0.25) is 0 Å². The van der Waals surface area contributed by atoms with Crippen LogP contribution in [0.3, 0.4) is 0 Å². The monoisotopic (exact) mass is 262 g/mol. The fourth-order valence-electron chi connectivity index (χ4n) is 0.582. The van der Waals surface area contributed by atoms with Crippen LogP contribution in [-0.2, 0) is 10.4 Å². The van der Waals surface area contributed by atoms with Crippen molar-refractivity contribution < 1.29 is 53.2 Å². The average molecular weight is 262 g/mol. The van der Waals surface area contributed by atoms with Crippen LogP contribution in [0.2, 0.25) is 0 Å². The maximum atomic E-state index is 8.74. The molecule has 8 heteroatoms. The van der Waals surface area contributed by atoms with Gasteiger partial charge in [-0.3, -0.25) is 9.11 Å². The second-order valence-corrected chi connectivity index (χ2v) is 3.56. The van der Waals surface area contributed by atoms with E-state index in [1.54, 1.807) is 7.11 Å². The van der Waals surface area contributed by atoms with Gasteiger partial charge in [-0.05, 0) is 24.3 Å². The Morgan fingerprint density at radius 1 is 1.27 bits per heavy atom. The first-order valence-corrected chi connectivity index (χ1v) is 5.20. The van der Waals surface area contributed by atoms with Crippen molar-refractivity contribution >= 4 is 23.0 Å². The van der Waals surface area contributed by atoms with Gasteiger partial charge < -0.3 is 6.16 Å². The number of hydrogen-bond acceptors (Lipinski definition) is 4. The molecule has 82 valence electrons. The van der Waals surface area contributed by atoms with Crippen LogP contribution in [-0.4, -0.2) is 24.6 Å². The van der Waals surface area contributed by atoms with Gasteiger partial charge in [0.25, 0.3) is 0 Å². The van der Waals surface area contributed by atoms with Crippen molar-refractivity contribution in [2.75, 3.05) is 7.11 Å². The Hall–Kier alpha value is 0.240. The fraction of sp³-hybridized carbons (Fsp3) is 0.143. The predicted molar refractivity (Wildman–Crippen MR) is 55.5 cm³/mol. The zero-order chi connectivity index (χ0) is 11.2. The maximum absolute atomic E-state index is 8.74. The van der Waals surface area contributed by atoms with E-state index in [4.69, 9.17) is 22.3 Å². The maximum Gasteiger partial charge on any atom is 1.00 e. The number of hydrogen-bond donors (Lipinski definition) is 3. The number of rotatable bonds is 1. The molecule has 1 aromatic rings. The van der Waals surface area contributed by atoms with Gasteiger partial charge in [-0.25, -0.2) is 0 Å². The summed E-state index contributed by atoms with van der Waals surface area (Å²) in [6, 6.07) is 7.54. The molecule has 0 bridgehead atoms. The van der Waals surface area contributed by atoms with Gasteiger partial charge >= 0.3 is 40.0 Å². The SMILES string of the molecule is COc1ccc(S)cc1.O=S(=O)(O)O.[H-].[Na+]. The minimum Gasteiger partial charge on any atom is -1.00 e. The molecule has 5 nitrogen and oxygen atoms in total. The Kier molecular flexibility index (Phi) is 9.87. The Balaban J connectivity index is -0.000000214. The number of methoxy groups -OCH3 is 1. The van der Waals surface area contributed by atoms with Crippen molar-refractivity contribution in [3.63, 3.8) is 0 Å². The third-order valence-electron chi connectivity index (χ3n) is 1.07. The number of ether oxygens (including phenoxy) is 1. The van der Waals surface area contributed by atoms with E-state index < -0.39 is 10.4 Å². The van der Waals surface area contributed by atoms with Crippen LogP contribution >= 0.6 is 12.6 Å². The zero-order valence-electron chi connectivity index (χ0n) is 9.28. The van der Waals surface area contributed by atoms with Crippen molar-refractivity contribution in [3.05, 3.63) is 24.3 Å². The summed E-state index contributed by atoms with van der Waals surface area (Å²) in [6.07, 6.45) is 0. The molecule has 15 heavy (non-hydrogen) atoms. The standard InChI is InChI=1S/C7H8OS.Na.H2O4S.H/c1-8-6-2-4-7(9)5-3-6;;1-5(2,3)4;/h2-5,9H,1H3;;(H2,1,2,3,4);/q;+1;;-1. The Morgan fingerprint density at radius 3 is 1.87 bits per heavy atom. The summed E-state index contributed by atoms with van der Waals surface area (Å²) in [5.41, 5.74) is 0. The largest absolute Gasteiger partial charge is 1.00 e. The molecule has 0 unspecified atom stereocenters. The minimum absolute atomic E-state index is 0. The van der Waals surface area contributed by atoms with Crippen molar-refractivity contribution in [2.24, 2.45) is 0 Å². The fourth-order valence-corrected chi connectivity index (χ4v) is 0.731. The normalized spacial score (nSPS) is 9.33. The molecule has 0 amide bonds. The summed E-state index contributed by atoms with van der Waals surface area (Å²) in [6.45, 7) is 0. The van der Waals surface area contributed by atoms with E-state index in [0.29, 0.717) is 0 Å². The molecule has 0 aliphatic carbocycles. The molecule has 0 aliphatic heterocycles. The van der Waals surface area contributed by atoms with Crippen LogP contribution in [0.25, 0.3) is 0 Å². The predicted octanol–water partition coefficient (Wildman–Crippen LogP) is -1.55. The quantitative estimate of drug-likeness (QED) is 0.324. The molecule has 0 heterocycles. The topological polar surface area (TPSA) is 83.8 Å². The van der Waals surface area contributed by atoms with Gasteiger partial charge in [0, 0.05) is 4.90 Å². The molecular weight excluding hydrogens is 251 g/mol. The van der Waals surface area contributed by atoms with E-state index in [2.05, 4.69) is 12.6 Å². The molecule has 0 aliphatic rings. The summed E-state index contributed by atoms with van der Waals surface area (Å²) in [4.78, 5) is 0.954. The first-order valence-electron chi connectivity index (χ1n) is 3.36. The smallest absolute Gasteiger partial charge is 1.00 e. The van der Waals surface area contributed by atoms with E-state index in [1.165, 1.54) is 0 Å². The van der Waals surface area contributed by atoms with Crippen molar-refractivity contribution in [3.8, 4) is 5.75 Å². The van der Waals surface area contributed by atoms with Crippen LogP contribution in [0.1, 0.15) is 1.43 Å². The first-order chi connectivity index (χ1) is 6.33. The zero-order valence-corrected chi connectivity index (χ0v) is 12.0. The Labute approximate surface area is 118 Å². The van der Waals surface area contributed by atoms with Gasteiger partial charge in [0.1, 0.15) is 5.75 Å². The molecule has 0 fully saturated rings. The second-order valence-electron chi connectivity index (χ2n) is 2.15. The van der Waals surface area contributed by atoms with Crippen molar-refractivity contribution in [2.45, 2.75) is 4.90 Å². The summed E-state index contributed by atoms with van der Waals surface area (Å²) < 4.78 is 36.5. The van der Waals surface area contributed by atoms with E-state index in [9.17, 15) is 0 Å². The number of benzene rings is 1. The van der Waals surface area contributed by atoms with Gasteiger partial charge in [-0.1, -0.05) is 0 Å². The molecule has 0 saturated carbocycles. The van der Waals surface area contributed by atoms with Gasteiger partial charge in [0.05, 0.1) is 7.11 Å². The molecule has 2 N–H and O–H groups in total. The van der Waals surface area contributed by atoms with Crippen molar-refractivity contribution in [1.29, 1.82) is 0 Å². The Bertz CT molecular complexity index is 359. The first kappa shape index (κ1) is 17.6. The van der Waals surface area contributed by atoms with E-state index in [-0.39, 0.29) is 31.0 Å². The molecular formula is C7H11NaO5S2. The minimum atomic E-state index is -4.67.